The zero-order valence-electron chi connectivity index (χ0n) is 9.13. The minimum absolute atomic E-state index is 0.180. The van der Waals surface area contributed by atoms with Gasteiger partial charge in [-0.3, -0.25) is 4.79 Å². The molecule has 1 aromatic rings. The molecule has 86 valence electrons. The standard InChI is InChI=1S/C11H13FN2O2/c1-3-13-10-7-4-6(12)5-8(16-2)9(7)14-11(10)15/h4-5,10,13H,3H2,1-2H3,(H,14,15). The van der Waals surface area contributed by atoms with Crippen molar-refractivity contribution in [1.82, 2.24) is 5.32 Å². The van der Waals surface area contributed by atoms with Crippen LogP contribution in [0.5, 0.6) is 5.75 Å². The van der Waals surface area contributed by atoms with E-state index in [0.29, 0.717) is 23.5 Å². The van der Waals surface area contributed by atoms with E-state index in [1.165, 1.54) is 19.2 Å². The van der Waals surface area contributed by atoms with Crippen molar-refractivity contribution in [1.29, 1.82) is 0 Å². The maximum Gasteiger partial charge on any atom is 0.246 e. The Hall–Kier alpha value is -1.62. The Labute approximate surface area is 92.8 Å². The van der Waals surface area contributed by atoms with Crippen molar-refractivity contribution in [3.8, 4) is 5.75 Å². The molecule has 1 aliphatic heterocycles. The predicted octanol–water partition coefficient (Wildman–Crippen LogP) is 1.44. The molecule has 2 rings (SSSR count). The third-order valence-corrected chi connectivity index (χ3v) is 2.55. The number of rotatable bonds is 3. The van der Waals surface area contributed by atoms with Gasteiger partial charge in [-0.25, -0.2) is 4.39 Å². The quantitative estimate of drug-likeness (QED) is 0.816. The van der Waals surface area contributed by atoms with Gasteiger partial charge in [0, 0.05) is 11.6 Å². The van der Waals surface area contributed by atoms with Gasteiger partial charge in [0.25, 0.3) is 0 Å². The first-order valence-corrected chi connectivity index (χ1v) is 5.09. The second-order valence-electron chi connectivity index (χ2n) is 3.55. The third-order valence-electron chi connectivity index (χ3n) is 2.55. The Bertz CT molecular complexity index is 434. The fourth-order valence-electron chi connectivity index (χ4n) is 1.87. The van der Waals surface area contributed by atoms with Crippen LogP contribution in [0.15, 0.2) is 12.1 Å². The molecule has 0 saturated heterocycles. The van der Waals surface area contributed by atoms with E-state index >= 15 is 0 Å². The van der Waals surface area contributed by atoms with Gasteiger partial charge in [-0.2, -0.15) is 0 Å². The van der Waals surface area contributed by atoms with Gasteiger partial charge in [-0.15, -0.1) is 0 Å². The molecule has 0 spiro atoms. The average molecular weight is 224 g/mol. The van der Waals surface area contributed by atoms with Crippen molar-refractivity contribution in [2.24, 2.45) is 0 Å². The van der Waals surface area contributed by atoms with E-state index in [0.717, 1.165) is 0 Å². The summed E-state index contributed by atoms with van der Waals surface area (Å²) in [4.78, 5) is 11.6. The van der Waals surface area contributed by atoms with Crippen molar-refractivity contribution in [3.05, 3.63) is 23.5 Å². The number of carbonyl (C=O) groups excluding carboxylic acids is 1. The molecule has 1 heterocycles. The van der Waals surface area contributed by atoms with Crippen LogP contribution in [-0.2, 0) is 4.79 Å². The molecule has 1 aliphatic rings. The Morgan fingerprint density at radius 1 is 1.56 bits per heavy atom. The van der Waals surface area contributed by atoms with E-state index < -0.39 is 11.9 Å². The van der Waals surface area contributed by atoms with Gasteiger partial charge < -0.3 is 15.4 Å². The number of ether oxygens (including phenoxy) is 1. The summed E-state index contributed by atoms with van der Waals surface area (Å²) in [6, 6.07) is 2.11. The molecule has 0 aliphatic carbocycles. The van der Waals surface area contributed by atoms with Gasteiger partial charge in [-0.05, 0) is 12.6 Å². The van der Waals surface area contributed by atoms with E-state index in [1.807, 2.05) is 6.92 Å². The maximum absolute atomic E-state index is 13.3. The van der Waals surface area contributed by atoms with Gasteiger partial charge in [0.2, 0.25) is 5.91 Å². The van der Waals surface area contributed by atoms with Crippen LogP contribution < -0.4 is 15.4 Å². The zero-order valence-corrected chi connectivity index (χ0v) is 9.13. The second kappa shape index (κ2) is 4.09. The monoisotopic (exact) mass is 224 g/mol. The van der Waals surface area contributed by atoms with Crippen LogP contribution >= 0.6 is 0 Å². The number of halogens is 1. The van der Waals surface area contributed by atoms with Crippen LogP contribution in [-0.4, -0.2) is 19.6 Å². The minimum atomic E-state index is -0.496. The van der Waals surface area contributed by atoms with Crippen LogP contribution in [0.1, 0.15) is 18.5 Å². The molecular weight excluding hydrogens is 211 g/mol. The summed E-state index contributed by atoms with van der Waals surface area (Å²) in [6.45, 7) is 2.53. The van der Waals surface area contributed by atoms with E-state index in [2.05, 4.69) is 10.6 Å². The normalized spacial score (nSPS) is 18.2. The van der Waals surface area contributed by atoms with Gasteiger partial charge in [0.05, 0.1) is 12.8 Å². The van der Waals surface area contributed by atoms with Crippen molar-refractivity contribution in [3.63, 3.8) is 0 Å². The molecular formula is C11H13FN2O2. The lowest BCUT2D eigenvalue weighted by Gasteiger charge is -2.10. The van der Waals surface area contributed by atoms with Crippen molar-refractivity contribution < 1.29 is 13.9 Å². The number of anilines is 1. The van der Waals surface area contributed by atoms with Crippen LogP contribution in [0.4, 0.5) is 10.1 Å². The molecule has 1 aromatic carbocycles. The number of methoxy groups -OCH3 is 1. The van der Waals surface area contributed by atoms with Crippen LogP contribution in [0.25, 0.3) is 0 Å². The molecule has 1 atom stereocenters. The van der Waals surface area contributed by atoms with Gasteiger partial charge >= 0.3 is 0 Å². The molecule has 4 nitrogen and oxygen atoms in total. The summed E-state index contributed by atoms with van der Waals surface area (Å²) in [5.74, 6) is -0.237. The lowest BCUT2D eigenvalue weighted by molar-refractivity contribution is -0.117. The van der Waals surface area contributed by atoms with E-state index in [-0.39, 0.29) is 5.91 Å². The topological polar surface area (TPSA) is 50.4 Å². The molecule has 2 N–H and O–H groups in total. The van der Waals surface area contributed by atoms with E-state index in [9.17, 15) is 9.18 Å². The highest BCUT2D eigenvalue weighted by atomic mass is 19.1. The van der Waals surface area contributed by atoms with Crippen molar-refractivity contribution >= 4 is 11.6 Å². The smallest absolute Gasteiger partial charge is 0.246 e. The molecule has 0 bridgehead atoms. The number of fused-ring (bicyclic) bond motifs is 1. The first-order chi connectivity index (χ1) is 7.67. The molecule has 1 unspecified atom stereocenters. The highest BCUT2D eigenvalue weighted by molar-refractivity contribution is 6.04. The largest absolute Gasteiger partial charge is 0.494 e. The number of hydrogen-bond donors (Lipinski definition) is 2. The fraction of sp³-hybridized carbons (Fsp3) is 0.364. The van der Waals surface area contributed by atoms with Crippen molar-refractivity contribution in [2.45, 2.75) is 13.0 Å². The minimum Gasteiger partial charge on any atom is -0.494 e. The third kappa shape index (κ3) is 1.63. The van der Waals surface area contributed by atoms with E-state index in [4.69, 9.17) is 4.74 Å². The molecule has 1 amide bonds. The van der Waals surface area contributed by atoms with Gasteiger partial charge in [-0.1, -0.05) is 6.92 Å². The highest BCUT2D eigenvalue weighted by Gasteiger charge is 2.32. The summed E-state index contributed by atoms with van der Waals surface area (Å²) in [6.07, 6.45) is 0. The Balaban J connectivity index is 2.48. The average Bonchev–Trinajstić information content (AvgIpc) is 2.56. The summed E-state index contributed by atoms with van der Waals surface area (Å²) in [5, 5.41) is 5.68. The number of likely N-dealkylation sites (N-methyl/N-ethyl adjacent to an activating group) is 1. The fourth-order valence-corrected chi connectivity index (χ4v) is 1.87. The summed E-state index contributed by atoms with van der Waals surface area (Å²) < 4.78 is 18.3. The summed E-state index contributed by atoms with van der Waals surface area (Å²) in [5.41, 5.74) is 1.16. The summed E-state index contributed by atoms with van der Waals surface area (Å²) in [7, 11) is 1.45. The first-order valence-electron chi connectivity index (χ1n) is 5.09. The molecule has 16 heavy (non-hydrogen) atoms. The summed E-state index contributed by atoms with van der Waals surface area (Å²) >= 11 is 0. The van der Waals surface area contributed by atoms with Gasteiger partial charge in [0.15, 0.2) is 0 Å². The van der Waals surface area contributed by atoms with Crippen molar-refractivity contribution in [2.75, 3.05) is 19.0 Å². The van der Waals surface area contributed by atoms with Crippen LogP contribution in [0.3, 0.4) is 0 Å². The number of carbonyl (C=O) groups is 1. The van der Waals surface area contributed by atoms with Crippen LogP contribution in [0.2, 0.25) is 0 Å². The Kier molecular flexibility index (Phi) is 2.78. The van der Waals surface area contributed by atoms with Gasteiger partial charge in [0.1, 0.15) is 17.6 Å². The number of amides is 1. The number of nitrogens with one attached hydrogen (secondary N) is 2. The molecule has 5 heteroatoms. The molecule has 0 fully saturated rings. The number of benzene rings is 1. The number of hydrogen-bond acceptors (Lipinski definition) is 3. The highest BCUT2D eigenvalue weighted by Crippen LogP contribution is 2.38. The second-order valence-corrected chi connectivity index (χ2v) is 3.55. The lowest BCUT2D eigenvalue weighted by Crippen LogP contribution is -2.27. The van der Waals surface area contributed by atoms with E-state index in [1.54, 1.807) is 0 Å². The zero-order chi connectivity index (χ0) is 11.7. The molecule has 0 radical (unpaired) electrons. The SMILES string of the molecule is CCNC1C(=O)Nc2c(OC)cc(F)cc21. The Morgan fingerprint density at radius 2 is 2.31 bits per heavy atom. The molecule has 0 aromatic heterocycles. The Morgan fingerprint density at radius 3 is 2.94 bits per heavy atom. The molecule has 0 saturated carbocycles. The lowest BCUT2D eigenvalue weighted by atomic mass is 10.1. The maximum atomic E-state index is 13.3. The predicted molar refractivity (Wildman–Crippen MR) is 58.0 cm³/mol. The van der Waals surface area contributed by atoms with Crippen LogP contribution in [0, 0.1) is 5.82 Å². The first kappa shape index (κ1) is 10.9.